The Morgan fingerprint density at radius 1 is 1.25 bits per heavy atom. The van der Waals surface area contributed by atoms with Crippen molar-refractivity contribution in [2.45, 2.75) is 39.0 Å². The van der Waals surface area contributed by atoms with Crippen molar-refractivity contribution in [1.29, 1.82) is 0 Å². The van der Waals surface area contributed by atoms with Gasteiger partial charge in [-0.25, -0.2) is 0 Å². The predicted octanol–water partition coefficient (Wildman–Crippen LogP) is 3.52. The summed E-state index contributed by atoms with van der Waals surface area (Å²) in [6.45, 7) is 4.60. The molecular weight excluding hydrogens is 200 g/mol. The molecule has 0 saturated carbocycles. The zero-order valence-corrected chi connectivity index (χ0v) is 10.1. The second kappa shape index (κ2) is 7.04. The lowest BCUT2D eigenvalue weighted by Gasteiger charge is -2.15. The van der Waals surface area contributed by atoms with Gasteiger partial charge in [-0.1, -0.05) is 44.2 Å². The van der Waals surface area contributed by atoms with E-state index in [-0.39, 0.29) is 5.97 Å². The van der Waals surface area contributed by atoms with E-state index in [0.717, 1.165) is 12.8 Å². The summed E-state index contributed by atoms with van der Waals surface area (Å²) >= 11 is 0. The minimum atomic E-state index is -0.0862. The molecule has 0 aliphatic carbocycles. The number of hydrogen-bond acceptors (Lipinski definition) is 2. The highest BCUT2D eigenvalue weighted by atomic mass is 16.5. The summed E-state index contributed by atoms with van der Waals surface area (Å²) in [5.41, 5.74) is 1.24. The Bertz CT molecular complexity index is 306. The molecule has 1 aromatic rings. The standard InChI is InChI=1S/C14H20O2/c1-3-8-14(15)16-11-12(4-2)13-9-6-5-7-10-13/h5-7,9-10,12H,3-4,8,11H2,1-2H3. The zero-order chi connectivity index (χ0) is 11.8. The van der Waals surface area contributed by atoms with E-state index in [2.05, 4.69) is 19.1 Å². The number of benzene rings is 1. The van der Waals surface area contributed by atoms with Gasteiger partial charge in [0, 0.05) is 12.3 Å². The monoisotopic (exact) mass is 220 g/mol. The van der Waals surface area contributed by atoms with Crippen molar-refractivity contribution in [3.63, 3.8) is 0 Å². The van der Waals surface area contributed by atoms with E-state index >= 15 is 0 Å². The molecule has 0 saturated heterocycles. The van der Waals surface area contributed by atoms with Gasteiger partial charge in [0.2, 0.25) is 0 Å². The van der Waals surface area contributed by atoms with Gasteiger partial charge < -0.3 is 4.74 Å². The van der Waals surface area contributed by atoms with E-state index in [1.54, 1.807) is 0 Å². The number of ether oxygens (including phenoxy) is 1. The van der Waals surface area contributed by atoms with Crippen molar-refractivity contribution in [1.82, 2.24) is 0 Å². The summed E-state index contributed by atoms with van der Waals surface area (Å²) < 4.78 is 5.25. The van der Waals surface area contributed by atoms with Gasteiger partial charge in [0.15, 0.2) is 0 Å². The Morgan fingerprint density at radius 3 is 2.50 bits per heavy atom. The number of carbonyl (C=O) groups excluding carboxylic acids is 1. The van der Waals surface area contributed by atoms with Crippen LogP contribution in [0.1, 0.15) is 44.6 Å². The molecule has 0 amide bonds. The first-order chi connectivity index (χ1) is 7.77. The fourth-order valence-corrected chi connectivity index (χ4v) is 1.64. The van der Waals surface area contributed by atoms with Gasteiger partial charge in [0.05, 0.1) is 6.61 Å². The van der Waals surface area contributed by atoms with Crippen LogP contribution in [-0.2, 0) is 9.53 Å². The average Bonchev–Trinajstić information content (AvgIpc) is 2.31. The number of rotatable bonds is 6. The van der Waals surface area contributed by atoms with Crippen LogP contribution < -0.4 is 0 Å². The SMILES string of the molecule is CCCC(=O)OCC(CC)c1ccccc1. The van der Waals surface area contributed by atoms with Gasteiger partial charge >= 0.3 is 5.97 Å². The smallest absolute Gasteiger partial charge is 0.305 e. The van der Waals surface area contributed by atoms with Gasteiger partial charge in [0.25, 0.3) is 0 Å². The second-order valence-electron chi connectivity index (χ2n) is 3.95. The maximum absolute atomic E-state index is 11.3. The number of esters is 1. The van der Waals surface area contributed by atoms with Crippen LogP contribution in [0.2, 0.25) is 0 Å². The van der Waals surface area contributed by atoms with Gasteiger partial charge in [-0.2, -0.15) is 0 Å². The Labute approximate surface area is 97.6 Å². The zero-order valence-electron chi connectivity index (χ0n) is 10.1. The summed E-state index contributed by atoms with van der Waals surface area (Å²) in [4.78, 5) is 11.3. The molecule has 0 bridgehead atoms. The lowest BCUT2D eigenvalue weighted by atomic mass is 9.98. The van der Waals surface area contributed by atoms with E-state index in [9.17, 15) is 4.79 Å². The van der Waals surface area contributed by atoms with Crippen LogP contribution in [0, 0.1) is 0 Å². The summed E-state index contributed by atoms with van der Waals surface area (Å²) in [7, 11) is 0. The fourth-order valence-electron chi connectivity index (χ4n) is 1.64. The van der Waals surface area contributed by atoms with Crippen LogP contribution in [0.3, 0.4) is 0 Å². The van der Waals surface area contributed by atoms with Crippen molar-refractivity contribution < 1.29 is 9.53 Å². The normalized spacial score (nSPS) is 12.1. The molecule has 1 aromatic carbocycles. The summed E-state index contributed by atoms with van der Waals surface area (Å²) in [5.74, 6) is 0.235. The summed E-state index contributed by atoms with van der Waals surface area (Å²) in [6, 6.07) is 10.2. The van der Waals surface area contributed by atoms with E-state index in [0.29, 0.717) is 18.9 Å². The average molecular weight is 220 g/mol. The molecule has 0 heterocycles. The molecule has 0 aromatic heterocycles. The van der Waals surface area contributed by atoms with E-state index in [1.165, 1.54) is 5.56 Å². The fraction of sp³-hybridized carbons (Fsp3) is 0.500. The largest absolute Gasteiger partial charge is 0.465 e. The molecule has 1 unspecified atom stereocenters. The minimum absolute atomic E-state index is 0.0862. The van der Waals surface area contributed by atoms with Crippen molar-refractivity contribution in [2.75, 3.05) is 6.61 Å². The summed E-state index contributed by atoms with van der Waals surface area (Å²) in [6.07, 6.45) is 2.36. The Morgan fingerprint density at radius 2 is 1.94 bits per heavy atom. The molecule has 0 radical (unpaired) electrons. The first-order valence-corrected chi connectivity index (χ1v) is 5.98. The highest BCUT2D eigenvalue weighted by Crippen LogP contribution is 2.19. The van der Waals surface area contributed by atoms with Crippen LogP contribution in [0.25, 0.3) is 0 Å². The third kappa shape index (κ3) is 4.05. The van der Waals surface area contributed by atoms with Crippen LogP contribution in [0.4, 0.5) is 0 Å². The molecule has 1 atom stereocenters. The molecule has 0 aliphatic heterocycles. The summed E-state index contributed by atoms with van der Waals surface area (Å²) in [5, 5.41) is 0. The van der Waals surface area contributed by atoms with Crippen molar-refractivity contribution in [2.24, 2.45) is 0 Å². The molecule has 0 N–H and O–H groups in total. The van der Waals surface area contributed by atoms with Gasteiger partial charge in [-0.3, -0.25) is 4.79 Å². The molecule has 88 valence electrons. The molecular formula is C14H20O2. The number of hydrogen-bond donors (Lipinski definition) is 0. The van der Waals surface area contributed by atoms with Gasteiger partial charge in [0.1, 0.15) is 0 Å². The van der Waals surface area contributed by atoms with Gasteiger partial charge in [-0.15, -0.1) is 0 Å². The van der Waals surface area contributed by atoms with Crippen LogP contribution in [0.15, 0.2) is 30.3 Å². The third-order valence-electron chi connectivity index (χ3n) is 2.66. The van der Waals surface area contributed by atoms with Crippen LogP contribution in [-0.4, -0.2) is 12.6 Å². The van der Waals surface area contributed by atoms with E-state index in [4.69, 9.17) is 4.74 Å². The van der Waals surface area contributed by atoms with Crippen molar-refractivity contribution >= 4 is 5.97 Å². The molecule has 1 rings (SSSR count). The maximum Gasteiger partial charge on any atom is 0.305 e. The highest BCUT2D eigenvalue weighted by molar-refractivity contribution is 5.69. The first-order valence-electron chi connectivity index (χ1n) is 5.98. The van der Waals surface area contributed by atoms with Crippen molar-refractivity contribution in [3.8, 4) is 0 Å². The number of carbonyl (C=O) groups is 1. The highest BCUT2D eigenvalue weighted by Gasteiger charge is 2.11. The lowest BCUT2D eigenvalue weighted by Crippen LogP contribution is -2.12. The molecule has 2 heteroatoms. The van der Waals surface area contributed by atoms with Crippen molar-refractivity contribution in [3.05, 3.63) is 35.9 Å². The van der Waals surface area contributed by atoms with E-state index < -0.39 is 0 Å². The van der Waals surface area contributed by atoms with Gasteiger partial charge in [-0.05, 0) is 18.4 Å². The molecule has 0 fully saturated rings. The topological polar surface area (TPSA) is 26.3 Å². The Balaban J connectivity index is 2.47. The Hall–Kier alpha value is -1.31. The quantitative estimate of drug-likeness (QED) is 0.686. The minimum Gasteiger partial charge on any atom is -0.465 e. The second-order valence-corrected chi connectivity index (χ2v) is 3.95. The molecule has 0 spiro atoms. The predicted molar refractivity (Wildman–Crippen MR) is 65.3 cm³/mol. The van der Waals surface area contributed by atoms with E-state index in [1.807, 2.05) is 25.1 Å². The first kappa shape index (κ1) is 12.8. The molecule has 2 nitrogen and oxygen atoms in total. The third-order valence-corrected chi connectivity index (χ3v) is 2.66. The maximum atomic E-state index is 11.3. The Kier molecular flexibility index (Phi) is 5.62. The molecule has 16 heavy (non-hydrogen) atoms. The van der Waals surface area contributed by atoms with Crippen LogP contribution in [0.5, 0.6) is 0 Å². The van der Waals surface area contributed by atoms with Crippen LogP contribution >= 0.6 is 0 Å². The lowest BCUT2D eigenvalue weighted by molar-refractivity contribution is -0.144. The molecule has 0 aliphatic rings.